The van der Waals surface area contributed by atoms with Crippen LogP contribution in [0.2, 0.25) is 0 Å². The lowest BCUT2D eigenvalue weighted by Gasteiger charge is -2.25. The number of thiophene rings is 1. The first-order valence-electron chi connectivity index (χ1n) is 9.63. The number of methoxy groups -OCH3 is 1. The molecular weight excluding hydrogens is 398 g/mol. The van der Waals surface area contributed by atoms with Crippen molar-refractivity contribution in [3.63, 3.8) is 0 Å². The fourth-order valence-corrected chi connectivity index (χ4v) is 4.50. The average Bonchev–Trinajstić information content (AvgIpc) is 3.40. The highest BCUT2D eigenvalue weighted by atomic mass is 32.1. The Bertz CT molecular complexity index is 1120. The SMILES string of the molecule is CCc1ccc(/C(O)=C2/C(=O)C(=O)N(c3ccccc3OC)C2c2cccs2)cc1. The quantitative estimate of drug-likeness (QED) is 0.361. The van der Waals surface area contributed by atoms with E-state index in [9.17, 15) is 14.7 Å². The van der Waals surface area contributed by atoms with Gasteiger partial charge in [-0.3, -0.25) is 14.5 Å². The molecule has 0 spiro atoms. The summed E-state index contributed by atoms with van der Waals surface area (Å²) in [6.45, 7) is 2.05. The highest BCUT2D eigenvalue weighted by molar-refractivity contribution is 7.10. The highest BCUT2D eigenvalue weighted by Gasteiger charge is 2.48. The molecule has 1 saturated heterocycles. The number of carbonyl (C=O) groups excluding carboxylic acids is 2. The first-order chi connectivity index (χ1) is 14.6. The molecule has 0 aliphatic carbocycles. The van der Waals surface area contributed by atoms with Gasteiger partial charge in [0.05, 0.1) is 18.4 Å². The Morgan fingerprint density at radius 2 is 1.80 bits per heavy atom. The smallest absolute Gasteiger partial charge is 0.300 e. The number of para-hydroxylation sites is 2. The number of ketones is 1. The number of anilines is 1. The van der Waals surface area contributed by atoms with Gasteiger partial charge in [0.2, 0.25) is 0 Å². The monoisotopic (exact) mass is 419 g/mol. The van der Waals surface area contributed by atoms with E-state index in [-0.39, 0.29) is 11.3 Å². The van der Waals surface area contributed by atoms with Crippen LogP contribution in [0.3, 0.4) is 0 Å². The van der Waals surface area contributed by atoms with Gasteiger partial charge in [0.1, 0.15) is 17.6 Å². The molecule has 0 saturated carbocycles. The van der Waals surface area contributed by atoms with E-state index in [0.717, 1.165) is 16.9 Å². The average molecular weight is 420 g/mol. The number of aliphatic hydroxyl groups is 1. The van der Waals surface area contributed by atoms with Crippen LogP contribution < -0.4 is 9.64 Å². The lowest BCUT2D eigenvalue weighted by atomic mass is 9.99. The number of hydrogen-bond acceptors (Lipinski definition) is 5. The molecule has 30 heavy (non-hydrogen) atoms. The molecule has 2 heterocycles. The van der Waals surface area contributed by atoms with Gasteiger partial charge in [-0.2, -0.15) is 0 Å². The fraction of sp³-hybridized carbons (Fsp3) is 0.167. The van der Waals surface area contributed by atoms with Crippen LogP contribution in [0.1, 0.15) is 29.0 Å². The number of rotatable bonds is 5. The van der Waals surface area contributed by atoms with Crippen molar-refractivity contribution in [2.24, 2.45) is 0 Å². The fourth-order valence-electron chi connectivity index (χ4n) is 3.68. The van der Waals surface area contributed by atoms with Gasteiger partial charge in [-0.15, -0.1) is 11.3 Å². The summed E-state index contributed by atoms with van der Waals surface area (Å²) in [6.07, 6.45) is 0.869. The number of Topliss-reactive ketones (excluding diaryl/α,β-unsaturated/α-hetero) is 1. The van der Waals surface area contributed by atoms with Crippen LogP contribution in [0.15, 0.2) is 71.6 Å². The molecule has 6 heteroatoms. The number of benzene rings is 2. The van der Waals surface area contributed by atoms with Crippen LogP contribution in [-0.4, -0.2) is 23.9 Å². The van der Waals surface area contributed by atoms with Crippen LogP contribution in [0.25, 0.3) is 5.76 Å². The van der Waals surface area contributed by atoms with E-state index in [2.05, 4.69) is 0 Å². The Balaban J connectivity index is 1.92. The van der Waals surface area contributed by atoms with Gasteiger partial charge in [-0.05, 0) is 35.6 Å². The first kappa shape index (κ1) is 19.9. The van der Waals surface area contributed by atoms with Gasteiger partial charge >= 0.3 is 0 Å². The highest BCUT2D eigenvalue weighted by Crippen LogP contribution is 2.45. The maximum atomic E-state index is 13.1. The third-order valence-electron chi connectivity index (χ3n) is 5.24. The molecule has 2 aromatic carbocycles. The van der Waals surface area contributed by atoms with Crippen molar-refractivity contribution >= 4 is 34.5 Å². The van der Waals surface area contributed by atoms with E-state index in [0.29, 0.717) is 17.0 Å². The van der Waals surface area contributed by atoms with Crippen LogP contribution in [0.4, 0.5) is 5.69 Å². The van der Waals surface area contributed by atoms with Gasteiger partial charge in [0.15, 0.2) is 0 Å². The van der Waals surface area contributed by atoms with E-state index in [1.807, 2.05) is 36.6 Å². The van der Waals surface area contributed by atoms with Gasteiger partial charge < -0.3 is 9.84 Å². The van der Waals surface area contributed by atoms with E-state index in [4.69, 9.17) is 4.74 Å². The molecule has 5 nitrogen and oxygen atoms in total. The molecule has 1 aromatic heterocycles. The molecule has 1 atom stereocenters. The second kappa shape index (κ2) is 8.16. The topological polar surface area (TPSA) is 66.8 Å². The Hall–Kier alpha value is -3.38. The zero-order valence-corrected chi connectivity index (χ0v) is 17.5. The van der Waals surface area contributed by atoms with Gasteiger partial charge in [0, 0.05) is 10.4 Å². The Labute approximate surface area is 178 Å². The van der Waals surface area contributed by atoms with Gasteiger partial charge in [-0.25, -0.2) is 0 Å². The Morgan fingerprint density at radius 1 is 1.07 bits per heavy atom. The zero-order chi connectivity index (χ0) is 21.3. The van der Waals surface area contributed by atoms with E-state index >= 15 is 0 Å². The molecule has 0 radical (unpaired) electrons. The summed E-state index contributed by atoms with van der Waals surface area (Å²) in [5, 5.41) is 13.0. The largest absolute Gasteiger partial charge is 0.507 e. The van der Waals surface area contributed by atoms with E-state index in [1.165, 1.54) is 23.3 Å². The minimum atomic E-state index is -0.729. The number of amides is 1. The molecule has 4 rings (SSSR count). The molecule has 1 aliphatic heterocycles. The normalized spacial score (nSPS) is 18.1. The summed E-state index contributed by atoms with van der Waals surface area (Å²) in [6, 6.07) is 17.4. The van der Waals surface area contributed by atoms with Crippen molar-refractivity contribution in [3.8, 4) is 5.75 Å². The number of carbonyl (C=O) groups is 2. The molecule has 3 aromatic rings. The summed E-state index contributed by atoms with van der Waals surface area (Å²) in [4.78, 5) is 28.4. The molecule has 1 fully saturated rings. The van der Waals surface area contributed by atoms with Crippen molar-refractivity contribution in [2.75, 3.05) is 12.0 Å². The van der Waals surface area contributed by atoms with Crippen LogP contribution in [0, 0.1) is 0 Å². The van der Waals surface area contributed by atoms with Crippen LogP contribution >= 0.6 is 11.3 Å². The molecule has 1 aliphatic rings. The van der Waals surface area contributed by atoms with Crippen molar-refractivity contribution < 1.29 is 19.4 Å². The standard InChI is InChI=1S/C24H21NO4S/c1-3-15-10-12-16(13-11-15)22(26)20-21(19-9-6-14-30-19)25(24(28)23(20)27)17-7-4-5-8-18(17)29-2/h4-14,21,26H,3H2,1-2H3/b22-20-. The molecule has 1 N–H and O–H groups in total. The number of ether oxygens (including phenoxy) is 1. The zero-order valence-electron chi connectivity index (χ0n) is 16.7. The second-order valence-corrected chi connectivity index (χ2v) is 7.89. The molecule has 1 amide bonds. The third kappa shape index (κ3) is 3.29. The number of aliphatic hydroxyl groups excluding tert-OH is 1. The third-order valence-corrected chi connectivity index (χ3v) is 6.16. The summed E-state index contributed by atoms with van der Waals surface area (Å²) >= 11 is 1.43. The predicted octanol–water partition coefficient (Wildman–Crippen LogP) is 4.95. The lowest BCUT2D eigenvalue weighted by molar-refractivity contribution is -0.132. The molecule has 1 unspecified atom stereocenters. The van der Waals surface area contributed by atoms with Crippen molar-refractivity contribution in [2.45, 2.75) is 19.4 Å². The lowest BCUT2D eigenvalue weighted by Crippen LogP contribution is -2.29. The van der Waals surface area contributed by atoms with E-state index < -0.39 is 17.7 Å². The number of hydrogen-bond donors (Lipinski definition) is 1. The molecule has 152 valence electrons. The minimum absolute atomic E-state index is 0.0811. The predicted molar refractivity (Wildman–Crippen MR) is 118 cm³/mol. The minimum Gasteiger partial charge on any atom is -0.507 e. The summed E-state index contributed by atoms with van der Waals surface area (Å²) in [5.41, 5.74) is 2.20. The maximum absolute atomic E-state index is 13.1. The Morgan fingerprint density at radius 3 is 2.43 bits per heavy atom. The van der Waals surface area contributed by atoms with Crippen molar-refractivity contribution in [3.05, 3.63) is 87.6 Å². The molecular formula is C24H21NO4S. The van der Waals surface area contributed by atoms with E-state index in [1.54, 1.807) is 36.4 Å². The van der Waals surface area contributed by atoms with Crippen molar-refractivity contribution in [1.29, 1.82) is 0 Å². The van der Waals surface area contributed by atoms with Crippen molar-refractivity contribution in [1.82, 2.24) is 0 Å². The van der Waals surface area contributed by atoms with Crippen LogP contribution in [0.5, 0.6) is 5.75 Å². The number of nitrogens with zero attached hydrogens (tertiary/aromatic N) is 1. The maximum Gasteiger partial charge on any atom is 0.300 e. The first-order valence-corrected chi connectivity index (χ1v) is 10.5. The van der Waals surface area contributed by atoms with Gasteiger partial charge in [0.25, 0.3) is 11.7 Å². The second-order valence-electron chi connectivity index (χ2n) is 6.91. The summed E-state index contributed by atoms with van der Waals surface area (Å²) in [5.74, 6) is -1.10. The van der Waals surface area contributed by atoms with Gasteiger partial charge in [-0.1, -0.05) is 49.4 Å². The Kier molecular flexibility index (Phi) is 5.42. The molecule has 0 bridgehead atoms. The summed E-state index contributed by atoms with van der Waals surface area (Å²) in [7, 11) is 1.52. The van der Waals surface area contributed by atoms with Crippen LogP contribution in [-0.2, 0) is 16.0 Å². The number of aryl methyl sites for hydroxylation is 1. The summed E-state index contributed by atoms with van der Waals surface area (Å²) < 4.78 is 5.43.